The zero-order valence-electron chi connectivity index (χ0n) is 16.7. The summed E-state index contributed by atoms with van der Waals surface area (Å²) in [5.41, 5.74) is 10.7. The van der Waals surface area contributed by atoms with Gasteiger partial charge in [-0.05, 0) is 43.1 Å². The molecule has 4 atom stereocenters. The lowest BCUT2D eigenvalue weighted by Crippen LogP contribution is -2.35. The first kappa shape index (κ1) is 19.6. The molecule has 2 aromatic heterocycles. The van der Waals surface area contributed by atoms with Gasteiger partial charge in [0.1, 0.15) is 29.7 Å². The molecule has 2 aliphatic rings. The predicted molar refractivity (Wildman–Crippen MR) is 116 cm³/mol. The van der Waals surface area contributed by atoms with Crippen LogP contribution in [0.2, 0.25) is 5.02 Å². The van der Waals surface area contributed by atoms with Crippen LogP contribution in [-0.2, 0) is 13.0 Å². The van der Waals surface area contributed by atoms with Gasteiger partial charge in [-0.3, -0.25) is 0 Å². The molecule has 0 spiro atoms. The van der Waals surface area contributed by atoms with E-state index in [9.17, 15) is 10.2 Å². The summed E-state index contributed by atoms with van der Waals surface area (Å²) in [5, 5.41) is 26.1. The number of halogens is 1. The summed E-state index contributed by atoms with van der Waals surface area (Å²) < 4.78 is 8.09. The van der Waals surface area contributed by atoms with Crippen LogP contribution in [-0.4, -0.2) is 44.6 Å². The number of aliphatic hydroxyl groups is 2. The molecule has 5 N–H and O–H groups in total. The fourth-order valence-electron chi connectivity index (χ4n) is 4.75. The zero-order chi connectivity index (χ0) is 21.0. The molecule has 7 nitrogen and oxygen atoms in total. The highest BCUT2D eigenvalue weighted by atomic mass is 35.5. The molecule has 30 heavy (non-hydrogen) atoms. The Morgan fingerprint density at radius 2 is 2.13 bits per heavy atom. The molecule has 0 saturated heterocycles. The monoisotopic (exact) mass is 428 g/mol. The molecule has 0 amide bonds. The molecule has 1 aliphatic heterocycles. The lowest BCUT2D eigenvalue weighted by Gasteiger charge is -2.25. The van der Waals surface area contributed by atoms with Gasteiger partial charge in [-0.1, -0.05) is 17.7 Å². The Hall–Kier alpha value is -2.32. The molecule has 3 aromatic rings. The van der Waals surface area contributed by atoms with Crippen molar-refractivity contribution in [2.45, 2.75) is 50.7 Å². The van der Waals surface area contributed by atoms with E-state index >= 15 is 0 Å². The molecule has 1 aliphatic carbocycles. The topological polar surface area (TPSA) is 106 Å². The van der Waals surface area contributed by atoms with Crippen LogP contribution in [0.1, 0.15) is 29.2 Å². The van der Waals surface area contributed by atoms with Gasteiger partial charge >= 0.3 is 0 Å². The van der Waals surface area contributed by atoms with Crippen molar-refractivity contribution in [1.82, 2.24) is 14.9 Å². The van der Waals surface area contributed by atoms with Crippen LogP contribution in [0.3, 0.4) is 0 Å². The molecule has 0 unspecified atom stereocenters. The van der Waals surface area contributed by atoms with Gasteiger partial charge in [0.15, 0.2) is 0 Å². The highest BCUT2D eigenvalue weighted by Gasteiger charge is 2.45. The molecule has 158 valence electrons. The van der Waals surface area contributed by atoms with Crippen LogP contribution in [0.4, 0.5) is 5.69 Å². The highest BCUT2D eigenvalue weighted by Crippen LogP contribution is 2.40. The first-order valence-corrected chi connectivity index (χ1v) is 10.6. The van der Waals surface area contributed by atoms with Gasteiger partial charge in [-0.2, -0.15) is 0 Å². The SMILES string of the molecule is Cc1cc2c(c(O[C@H]3C[C@@H](n4cc(Cl)c5c(N)ccnc54)[C@H](O)[C@@H]3O)c1)CNCC2. The van der Waals surface area contributed by atoms with Crippen molar-refractivity contribution in [2.24, 2.45) is 0 Å². The standard InChI is InChI=1S/C22H25ClN4O3/c1-11-6-12-2-4-25-9-13(12)17(7-11)30-18-8-16(20(28)21(18)29)27-10-14(23)19-15(24)3-5-26-22(19)27/h3,5-7,10,16,18,20-21,25,28-29H,2,4,8-9H2,1H3,(H2,24,26)/t16-,18+,20+,21-/m1/s1. The summed E-state index contributed by atoms with van der Waals surface area (Å²) in [6.45, 7) is 3.73. The van der Waals surface area contributed by atoms with Crippen LogP contribution < -0.4 is 15.8 Å². The number of fused-ring (bicyclic) bond motifs is 2. The van der Waals surface area contributed by atoms with E-state index < -0.39 is 24.4 Å². The molecular formula is C22H25ClN4O3. The number of nitrogen functional groups attached to an aromatic ring is 1. The number of aryl methyl sites for hydroxylation is 1. The number of ether oxygens (including phenoxy) is 1. The van der Waals surface area contributed by atoms with Gasteiger partial charge in [0.05, 0.1) is 16.5 Å². The van der Waals surface area contributed by atoms with E-state index in [-0.39, 0.29) is 0 Å². The molecule has 5 rings (SSSR count). The van der Waals surface area contributed by atoms with Crippen LogP contribution >= 0.6 is 11.6 Å². The van der Waals surface area contributed by atoms with Crippen molar-refractivity contribution in [1.29, 1.82) is 0 Å². The van der Waals surface area contributed by atoms with Crippen molar-refractivity contribution in [3.05, 3.63) is 52.3 Å². The number of aromatic nitrogens is 2. The van der Waals surface area contributed by atoms with Gasteiger partial charge in [-0.15, -0.1) is 0 Å². The summed E-state index contributed by atoms with van der Waals surface area (Å²) in [7, 11) is 0. The number of rotatable bonds is 3. The third kappa shape index (κ3) is 3.13. The molecule has 0 radical (unpaired) electrons. The van der Waals surface area contributed by atoms with Gasteiger partial charge in [-0.25, -0.2) is 4.98 Å². The maximum atomic E-state index is 10.8. The summed E-state index contributed by atoms with van der Waals surface area (Å²) in [4.78, 5) is 4.40. The molecule has 1 saturated carbocycles. The first-order chi connectivity index (χ1) is 14.4. The van der Waals surface area contributed by atoms with Crippen molar-refractivity contribution in [2.75, 3.05) is 12.3 Å². The largest absolute Gasteiger partial charge is 0.487 e. The van der Waals surface area contributed by atoms with E-state index in [1.807, 2.05) is 13.0 Å². The normalized spacial score (nSPS) is 26.1. The predicted octanol–water partition coefficient (Wildman–Crippen LogP) is 2.34. The van der Waals surface area contributed by atoms with Gasteiger partial charge in [0, 0.05) is 36.6 Å². The second kappa shape index (κ2) is 7.42. The molecule has 0 bridgehead atoms. The van der Waals surface area contributed by atoms with E-state index in [4.69, 9.17) is 22.1 Å². The van der Waals surface area contributed by atoms with Gasteiger partial charge in [0.2, 0.25) is 0 Å². The number of hydrogen-bond donors (Lipinski definition) is 4. The number of nitrogens with zero attached hydrogens (tertiary/aromatic N) is 2. The number of nitrogens with one attached hydrogen (secondary N) is 1. The van der Waals surface area contributed by atoms with E-state index in [1.165, 1.54) is 5.56 Å². The Morgan fingerprint density at radius 1 is 1.30 bits per heavy atom. The first-order valence-electron chi connectivity index (χ1n) is 10.2. The Kier molecular flexibility index (Phi) is 4.86. The van der Waals surface area contributed by atoms with E-state index in [0.717, 1.165) is 36.4 Å². The number of aliphatic hydroxyl groups excluding tert-OH is 2. The minimum absolute atomic E-state index is 0.423. The third-order valence-corrected chi connectivity index (χ3v) is 6.54. The van der Waals surface area contributed by atoms with Crippen molar-refractivity contribution in [3.63, 3.8) is 0 Å². The van der Waals surface area contributed by atoms with E-state index in [0.29, 0.717) is 28.2 Å². The number of anilines is 1. The zero-order valence-corrected chi connectivity index (χ0v) is 17.4. The number of benzene rings is 1. The summed E-state index contributed by atoms with van der Waals surface area (Å²) in [5.74, 6) is 0.770. The maximum Gasteiger partial charge on any atom is 0.143 e. The molecule has 1 aromatic carbocycles. The average Bonchev–Trinajstić information content (AvgIpc) is 3.20. The van der Waals surface area contributed by atoms with Crippen molar-refractivity contribution >= 4 is 28.3 Å². The fraction of sp³-hybridized carbons (Fsp3) is 0.409. The van der Waals surface area contributed by atoms with Crippen molar-refractivity contribution < 1.29 is 14.9 Å². The van der Waals surface area contributed by atoms with E-state index in [2.05, 4.69) is 16.4 Å². The second-order valence-corrected chi connectivity index (χ2v) is 8.66. The Bertz CT molecular complexity index is 1120. The van der Waals surface area contributed by atoms with Crippen LogP contribution in [0.5, 0.6) is 5.75 Å². The number of nitrogens with two attached hydrogens (primary N) is 1. The second-order valence-electron chi connectivity index (χ2n) is 8.25. The van der Waals surface area contributed by atoms with Crippen LogP contribution in [0.15, 0.2) is 30.6 Å². The van der Waals surface area contributed by atoms with Gasteiger partial charge < -0.3 is 30.6 Å². The minimum Gasteiger partial charge on any atom is -0.487 e. The maximum absolute atomic E-state index is 10.8. The van der Waals surface area contributed by atoms with Crippen molar-refractivity contribution in [3.8, 4) is 5.75 Å². The summed E-state index contributed by atoms with van der Waals surface area (Å²) in [6.07, 6.45) is 2.12. The third-order valence-electron chi connectivity index (χ3n) is 6.25. The lowest BCUT2D eigenvalue weighted by atomic mass is 9.97. The average molecular weight is 429 g/mol. The fourth-order valence-corrected chi connectivity index (χ4v) is 5.05. The summed E-state index contributed by atoms with van der Waals surface area (Å²) >= 11 is 6.39. The van der Waals surface area contributed by atoms with Crippen LogP contribution in [0, 0.1) is 6.92 Å². The molecule has 3 heterocycles. The highest BCUT2D eigenvalue weighted by molar-refractivity contribution is 6.36. The quantitative estimate of drug-likeness (QED) is 0.510. The lowest BCUT2D eigenvalue weighted by molar-refractivity contribution is -0.0166. The minimum atomic E-state index is -1.03. The Labute approximate surface area is 179 Å². The Balaban J connectivity index is 1.47. The smallest absolute Gasteiger partial charge is 0.143 e. The number of hydrogen-bond acceptors (Lipinski definition) is 6. The van der Waals surface area contributed by atoms with Crippen LogP contribution in [0.25, 0.3) is 11.0 Å². The molecular weight excluding hydrogens is 404 g/mol. The number of pyridine rings is 1. The van der Waals surface area contributed by atoms with Gasteiger partial charge in [0.25, 0.3) is 0 Å². The summed E-state index contributed by atoms with van der Waals surface area (Å²) in [6, 6.07) is 5.46. The molecule has 1 fully saturated rings. The van der Waals surface area contributed by atoms with E-state index in [1.54, 1.807) is 23.0 Å². The molecule has 8 heteroatoms. The Morgan fingerprint density at radius 3 is 2.97 bits per heavy atom.